The van der Waals surface area contributed by atoms with Crippen molar-refractivity contribution in [2.75, 3.05) is 6.54 Å². The Hall–Kier alpha value is -3.10. The topological polar surface area (TPSA) is 107 Å². The molecule has 2 saturated carbocycles. The quantitative estimate of drug-likeness (QED) is 0.569. The van der Waals surface area contributed by atoms with Gasteiger partial charge in [-0.05, 0) is 61.9 Å². The molecule has 0 aromatic heterocycles. The number of halogens is 4. The molecular formula is C26H23ClF3N3O4S. The van der Waals surface area contributed by atoms with Crippen LogP contribution in [0.3, 0.4) is 0 Å². The number of amides is 2. The fraction of sp³-hybridized carbons (Fsp3) is 0.423. The number of hydrogen-bond donors (Lipinski definition) is 1. The number of carbonyl (C=O) groups is 2. The van der Waals surface area contributed by atoms with E-state index in [9.17, 15) is 36.4 Å². The van der Waals surface area contributed by atoms with Gasteiger partial charge in [-0.15, -0.1) is 0 Å². The summed E-state index contributed by atoms with van der Waals surface area (Å²) in [7, 11) is -4.04. The van der Waals surface area contributed by atoms with Crippen LogP contribution in [0, 0.1) is 11.3 Å². The lowest BCUT2D eigenvalue weighted by molar-refractivity contribution is -0.140. The molecule has 38 heavy (non-hydrogen) atoms. The molecule has 1 saturated heterocycles. The largest absolute Gasteiger partial charge is 0.416 e. The first-order chi connectivity index (χ1) is 17.8. The highest BCUT2D eigenvalue weighted by Gasteiger charge is 2.58. The number of nitriles is 1. The van der Waals surface area contributed by atoms with E-state index in [0.717, 1.165) is 12.1 Å². The molecule has 2 amide bonds. The van der Waals surface area contributed by atoms with Crippen molar-refractivity contribution in [2.45, 2.75) is 65.4 Å². The van der Waals surface area contributed by atoms with Gasteiger partial charge in [-0.25, -0.2) is 8.42 Å². The van der Waals surface area contributed by atoms with Crippen molar-refractivity contribution in [3.05, 3.63) is 64.7 Å². The molecule has 1 N–H and O–H groups in total. The first-order valence-corrected chi connectivity index (χ1v) is 14.0. The van der Waals surface area contributed by atoms with Crippen molar-refractivity contribution in [2.24, 2.45) is 0 Å². The van der Waals surface area contributed by atoms with Gasteiger partial charge in [-0.2, -0.15) is 18.4 Å². The van der Waals surface area contributed by atoms with Crippen LogP contribution < -0.4 is 5.32 Å². The Bertz CT molecular complexity index is 1450. The van der Waals surface area contributed by atoms with E-state index in [0.29, 0.717) is 31.2 Å². The smallest absolute Gasteiger partial charge is 0.336 e. The zero-order valence-corrected chi connectivity index (χ0v) is 21.5. The van der Waals surface area contributed by atoms with Gasteiger partial charge in [0.25, 0.3) is 0 Å². The summed E-state index contributed by atoms with van der Waals surface area (Å²) in [6, 6.07) is 11.1. The van der Waals surface area contributed by atoms with Crippen LogP contribution in [0.4, 0.5) is 13.2 Å². The van der Waals surface area contributed by atoms with Crippen molar-refractivity contribution < 1.29 is 31.2 Å². The van der Waals surface area contributed by atoms with Crippen LogP contribution in [0.1, 0.15) is 43.2 Å². The van der Waals surface area contributed by atoms with Crippen LogP contribution in [0.2, 0.25) is 5.02 Å². The summed E-state index contributed by atoms with van der Waals surface area (Å²) in [6.45, 7) is -0.285. The molecule has 2 unspecified atom stereocenters. The minimum absolute atomic E-state index is 0.0168. The summed E-state index contributed by atoms with van der Waals surface area (Å²) >= 11 is 6.15. The first kappa shape index (κ1) is 26.5. The van der Waals surface area contributed by atoms with Gasteiger partial charge in [0.15, 0.2) is 9.84 Å². The van der Waals surface area contributed by atoms with Crippen molar-refractivity contribution >= 4 is 33.3 Å². The predicted molar refractivity (Wildman–Crippen MR) is 131 cm³/mol. The Labute approximate surface area is 222 Å². The monoisotopic (exact) mass is 565 g/mol. The highest BCUT2D eigenvalue weighted by atomic mass is 35.5. The Morgan fingerprint density at radius 2 is 1.68 bits per heavy atom. The van der Waals surface area contributed by atoms with E-state index in [-0.39, 0.29) is 22.9 Å². The highest BCUT2D eigenvalue weighted by Crippen LogP contribution is 2.51. The number of nitrogens with zero attached hydrogens (tertiary/aromatic N) is 2. The molecule has 3 aliphatic rings. The van der Waals surface area contributed by atoms with E-state index in [2.05, 4.69) is 5.32 Å². The lowest BCUT2D eigenvalue weighted by Crippen LogP contribution is -2.51. The lowest BCUT2D eigenvalue weighted by Gasteiger charge is -2.29. The van der Waals surface area contributed by atoms with Gasteiger partial charge in [0.1, 0.15) is 11.6 Å². The zero-order valence-electron chi connectivity index (χ0n) is 20.0. The van der Waals surface area contributed by atoms with Gasteiger partial charge in [0, 0.05) is 6.54 Å². The van der Waals surface area contributed by atoms with Crippen LogP contribution in [-0.2, 0) is 31.0 Å². The van der Waals surface area contributed by atoms with Gasteiger partial charge >= 0.3 is 6.18 Å². The number of rotatable bonds is 6. The average Bonchev–Trinajstić information content (AvgIpc) is 3.80. The highest BCUT2D eigenvalue weighted by molar-refractivity contribution is 7.92. The second-order valence-corrected chi connectivity index (χ2v) is 12.8. The summed E-state index contributed by atoms with van der Waals surface area (Å²) in [5.41, 5.74) is -2.64. The molecule has 2 aromatic rings. The SMILES string of the molecule is N#CC1(NC(=O)C2CC(S(=O)(=O)c3ccccc3Cl)CN2C(=O)C2(c3ccc(C(F)(F)F)cc3)CC2)CC1. The summed E-state index contributed by atoms with van der Waals surface area (Å²) in [5, 5.41) is 11.0. The minimum atomic E-state index is -4.53. The van der Waals surface area contributed by atoms with Crippen molar-refractivity contribution in [3.63, 3.8) is 0 Å². The number of sulfone groups is 1. The van der Waals surface area contributed by atoms with Crippen molar-refractivity contribution in [1.29, 1.82) is 5.26 Å². The zero-order chi connectivity index (χ0) is 27.5. The first-order valence-electron chi connectivity index (χ1n) is 12.0. The van der Waals surface area contributed by atoms with Crippen molar-refractivity contribution in [1.82, 2.24) is 10.2 Å². The molecule has 0 radical (unpaired) electrons. The molecule has 2 aromatic carbocycles. The Kier molecular flexibility index (Phi) is 6.27. The fourth-order valence-electron chi connectivity index (χ4n) is 5.06. The van der Waals surface area contributed by atoms with E-state index >= 15 is 0 Å². The third-order valence-electron chi connectivity index (χ3n) is 7.66. The molecule has 2 atom stereocenters. The van der Waals surface area contributed by atoms with Gasteiger partial charge in [-0.1, -0.05) is 35.9 Å². The molecule has 5 rings (SSSR count). The van der Waals surface area contributed by atoms with Gasteiger partial charge < -0.3 is 10.2 Å². The molecule has 1 aliphatic heterocycles. The number of carbonyl (C=O) groups excluding carboxylic acids is 2. The molecule has 7 nitrogen and oxygen atoms in total. The summed E-state index contributed by atoms with van der Waals surface area (Å²) in [5.74, 6) is -1.14. The third kappa shape index (κ3) is 4.54. The van der Waals surface area contributed by atoms with Crippen LogP contribution >= 0.6 is 11.6 Å². The second-order valence-electron chi connectivity index (χ2n) is 10.1. The van der Waals surface area contributed by atoms with Crippen LogP contribution in [0.25, 0.3) is 0 Å². The molecule has 2 aliphatic carbocycles. The Morgan fingerprint density at radius 1 is 1.05 bits per heavy atom. The summed E-state index contributed by atoms with van der Waals surface area (Å²) < 4.78 is 66.2. The maximum Gasteiger partial charge on any atom is 0.416 e. The van der Waals surface area contributed by atoms with E-state index < -0.39 is 55.6 Å². The van der Waals surface area contributed by atoms with Gasteiger partial charge in [-0.3, -0.25) is 9.59 Å². The molecular weight excluding hydrogens is 543 g/mol. The molecule has 3 fully saturated rings. The van der Waals surface area contributed by atoms with Gasteiger partial charge in [0.05, 0.1) is 32.2 Å². The lowest BCUT2D eigenvalue weighted by atomic mass is 9.93. The number of nitrogens with one attached hydrogen (secondary N) is 1. The normalized spacial score (nSPS) is 23.4. The van der Waals surface area contributed by atoms with Crippen LogP contribution in [0.15, 0.2) is 53.4 Å². The van der Waals surface area contributed by atoms with E-state index in [1.807, 2.05) is 6.07 Å². The molecule has 1 heterocycles. The third-order valence-corrected chi connectivity index (χ3v) is 10.3. The Balaban J connectivity index is 1.47. The fourth-order valence-corrected chi connectivity index (χ4v) is 7.28. The maximum absolute atomic E-state index is 13.9. The predicted octanol–water partition coefficient (Wildman–Crippen LogP) is 4.01. The second kappa shape index (κ2) is 8.99. The molecule has 0 bridgehead atoms. The minimum Gasteiger partial charge on any atom is -0.336 e. The van der Waals surface area contributed by atoms with Crippen molar-refractivity contribution in [3.8, 4) is 6.07 Å². The molecule has 12 heteroatoms. The number of likely N-dealkylation sites (tertiary alicyclic amines) is 1. The van der Waals surface area contributed by atoms with Crippen LogP contribution in [0.5, 0.6) is 0 Å². The summed E-state index contributed by atoms with van der Waals surface area (Å²) in [4.78, 5) is 28.3. The van der Waals surface area contributed by atoms with E-state index in [1.165, 1.54) is 35.2 Å². The summed E-state index contributed by atoms with van der Waals surface area (Å²) in [6.07, 6.45) is -3.12. The maximum atomic E-state index is 13.9. The average molecular weight is 566 g/mol. The molecule has 0 spiro atoms. The van der Waals surface area contributed by atoms with E-state index in [1.54, 1.807) is 6.07 Å². The number of benzene rings is 2. The molecule has 200 valence electrons. The standard InChI is InChI=1S/C26H23ClF3N3O4S/c27-19-3-1-2-4-21(19)38(36,37)18-13-20(22(34)32-24(15-31)9-10-24)33(14-18)23(35)25(11-12-25)16-5-7-17(8-6-16)26(28,29)30/h1-8,18,20H,9-14H2,(H,32,34). The van der Waals surface area contributed by atoms with E-state index in [4.69, 9.17) is 11.6 Å². The van der Waals surface area contributed by atoms with Crippen LogP contribution in [-0.4, -0.2) is 48.5 Å². The Morgan fingerprint density at radius 3 is 2.21 bits per heavy atom. The van der Waals surface area contributed by atoms with Gasteiger partial charge in [0.2, 0.25) is 11.8 Å². The number of hydrogen-bond acceptors (Lipinski definition) is 5. The number of alkyl halides is 3.